The fourth-order valence-electron chi connectivity index (χ4n) is 2.90. The molecule has 0 aliphatic rings. The number of hydrogen-bond donors (Lipinski definition) is 2. The van der Waals surface area contributed by atoms with Gasteiger partial charge in [-0.15, -0.1) is 0 Å². The molecule has 0 saturated carbocycles. The number of fused-ring (bicyclic) bond motifs is 2. The Balaban J connectivity index is 1.59. The van der Waals surface area contributed by atoms with E-state index in [1.807, 2.05) is 51.1 Å². The van der Waals surface area contributed by atoms with E-state index < -0.39 is 0 Å². The number of benzene rings is 2. The lowest BCUT2D eigenvalue weighted by Crippen LogP contribution is -2.27. The molecule has 130 valence electrons. The zero-order valence-corrected chi connectivity index (χ0v) is 14.9. The van der Waals surface area contributed by atoms with E-state index in [4.69, 9.17) is 0 Å². The van der Waals surface area contributed by atoms with Crippen LogP contribution in [0.25, 0.3) is 22.1 Å². The van der Waals surface area contributed by atoms with Gasteiger partial charge in [0.05, 0.1) is 39.5 Å². The molecule has 6 nitrogen and oxygen atoms in total. The third-order valence-electron chi connectivity index (χ3n) is 4.50. The van der Waals surface area contributed by atoms with Gasteiger partial charge < -0.3 is 10.3 Å². The molecule has 26 heavy (non-hydrogen) atoms. The van der Waals surface area contributed by atoms with Crippen molar-refractivity contribution in [2.24, 2.45) is 0 Å². The van der Waals surface area contributed by atoms with E-state index in [2.05, 4.69) is 25.3 Å². The van der Waals surface area contributed by atoms with Crippen molar-refractivity contribution in [3.63, 3.8) is 0 Å². The number of carbonyl (C=O) groups excluding carboxylic acids is 1. The zero-order valence-electron chi connectivity index (χ0n) is 14.9. The van der Waals surface area contributed by atoms with Gasteiger partial charge in [-0.2, -0.15) is 0 Å². The SMILES string of the molecule is Cc1nc2ccc(C(=O)NC(C)c3nc4ccccc4[nH]3)cc2nc1C. The van der Waals surface area contributed by atoms with E-state index in [9.17, 15) is 4.79 Å². The van der Waals surface area contributed by atoms with E-state index in [0.717, 1.165) is 39.3 Å². The average molecular weight is 345 g/mol. The number of hydrogen-bond acceptors (Lipinski definition) is 4. The van der Waals surface area contributed by atoms with Crippen molar-refractivity contribution in [2.45, 2.75) is 26.8 Å². The van der Waals surface area contributed by atoms with Crippen LogP contribution in [0.5, 0.6) is 0 Å². The molecule has 1 atom stereocenters. The van der Waals surface area contributed by atoms with Crippen molar-refractivity contribution in [3.05, 3.63) is 65.2 Å². The first kappa shape index (κ1) is 16.2. The number of para-hydroxylation sites is 2. The molecule has 0 aliphatic heterocycles. The first-order chi connectivity index (χ1) is 12.5. The third-order valence-corrected chi connectivity index (χ3v) is 4.50. The summed E-state index contributed by atoms with van der Waals surface area (Å²) in [4.78, 5) is 29.4. The van der Waals surface area contributed by atoms with Gasteiger partial charge in [0.15, 0.2) is 0 Å². The normalized spacial score (nSPS) is 12.4. The van der Waals surface area contributed by atoms with Crippen molar-refractivity contribution in [1.29, 1.82) is 0 Å². The molecule has 2 aromatic carbocycles. The molecular formula is C20H19N5O. The van der Waals surface area contributed by atoms with Crippen LogP contribution < -0.4 is 5.32 Å². The number of nitrogens with one attached hydrogen (secondary N) is 2. The molecule has 0 bridgehead atoms. The summed E-state index contributed by atoms with van der Waals surface area (Å²) in [6.07, 6.45) is 0. The van der Waals surface area contributed by atoms with Gasteiger partial charge in [-0.05, 0) is 51.1 Å². The fraction of sp³-hybridized carbons (Fsp3) is 0.200. The molecule has 0 radical (unpaired) electrons. The summed E-state index contributed by atoms with van der Waals surface area (Å²) in [5, 5.41) is 2.98. The summed E-state index contributed by atoms with van der Waals surface area (Å²) in [6, 6.07) is 12.9. The Labute approximate surface area is 150 Å². The van der Waals surface area contributed by atoms with Gasteiger partial charge >= 0.3 is 0 Å². The van der Waals surface area contributed by atoms with Crippen LogP contribution in [-0.4, -0.2) is 25.8 Å². The van der Waals surface area contributed by atoms with Crippen LogP contribution in [0.2, 0.25) is 0 Å². The minimum Gasteiger partial charge on any atom is -0.342 e. The van der Waals surface area contributed by atoms with Gasteiger partial charge in [0.2, 0.25) is 0 Å². The topological polar surface area (TPSA) is 83.6 Å². The van der Waals surface area contributed by atoms with Crippen LogP contribution in [0.4, 0.5) is 0 Å². The molecule has 6 heteroatoms. The minimum atomic E-state index is -0.239. The Bertz CT molecular complexity index is 1100. The Kier molecular flexibility index (Phi) is 3.88. The van der Waals surface area contributed by atoms with Crippen LogP contribution in [0.3, 0.4) is 0 Å². The first-order valence-electron chi connectivity index (χ1n) is 8.52. The smallest absolute Gasteiger partial charge is 0.251 e. The van der Waals surface area contributed by atoms with Crippen molar-refractivity contribution >= 4 is 28.0 Å². The number of H-pyrrole nitrogens is 1. The van der Waals surface area contributed by atoms with Crippen LogP contribution in [-0.2, 0) is 0 Å². The molecule has 0 spiro atoms. The maximum Gasteiger partial charge on any atom is 0.251 e. The second-order valence-electron chi connectivity index (χ2n) is 6.43. The Morgan fingerprint density at radius 3 is 2.46 bits per heavy atom. The fourth-order valence-corrected chi connectivity index (χ4v) is 2.90. The Hall–Kier alpha value is -3.28. The first-order valence-corrected chi connectivity index (χ1v) is 8.52. The molecule has 2 N–H and O–H groups in total. The lowest BCUT2D eigenvalue weighted by molar-refractivity contribution is 0.0938. The highest BCUT2D eigenvalue weighted by Crippen LogP contribution is 2.18. The van der Waals surface area contributed by atoms with E-state index in [0.29, 0.717) is 5.56 Å². The Morgan fingerprint density at radius 1 is 0.962 bits per heavy atom. The summed E-state index contributed by atoms with van der Waals surface area (Å²) in [5.74, 6) is 0.562. The summed E-state index contributed by atoms with van der Waals surface area (Å²) in [7, 11) is 0. The number of aromatic nitrogens is 4. The predicted octanol–water partition coefficient (Wildman–Crippen LogP) is 3.61. The number of rotatable bonds is 3. The third kappa shape index (κ3) is 2.90. The highest BCUT2D eigenvalue weighted by Gasteiger charge is 2.15. The van der Waals surface area contributed by atoms with Crippen molar-refractivity contribution < 1.29 is 4.79 Å². The summed E-state index contributed by atoms with van der Waals surface area (Å²) in [5.41, 5.74) is 5.66. The van der Waals surface area contributed by atoms with Gasteiger partial charge in [-0.3, -0.25) is 4.79 Å². The lowest BCUT2D eigenvalue weighted by atomic mass is 10.1. The van der Waals surface area contributed by atoms with Crippen molar-refractivity contribution in [1.82, 2.24) is 25.3 Å². The van der Waals surface area contributed by atoms with E-state index in [-0.39, 0.29) is 11.9 Å². The molecule has 1 amide bonds. The molecule has 4 aromatic rings. The quantitative estimate of drug-likeness (QED) is 0.594. The van der Waals surface area contributed by atoms with Gasteiger partial charge in [0.25, 0.3) is 5.91 Å². The summed E-state index contributed by atoms with van der Waals surface area (Å²) in [6.45, 7) is 5.75. The molecule has 0 aliphatic carbocycles. The van der Waals surface area contributed by atoms with Gasteiger partial charge in [0, 0.05) is 5.56 Å². The highest BCUT2D eigenvalue weighted by molar-refractivity contribution is 5.97. The molecule has 0 fully saturated rings. The maximum absolute atomic E-state index is 12.6. The number of amides is 1. The molecule has 2 heterocycles. The second kappa shape index (κ2) is 6.22. The minimum absolute atomic E-state index is 0.167. The number of aromatic amines is 1. The number of aryl methyl sites for hydroxylation is 2. The molecular weight excluding hydrogens is 326 g/mol. The standard InChI is InChI=1S/C20H19N5O/c1-11-12(2)22-18-10-14(8-9-17(18)21-11)20(26)23-13(3)19-24-15-6-4-5-7-16(15)25-19/h4-10,13H,1-3H3,(H,23,26)(H,24,25). The van der Waals surface area contributed by atoms with Crippen LogP contribution in [0, 0.1) is 13.8 Å². The summed E-state index contributed by atoms with van der Waals surface area (Å²) >= 11 is 0. The van der Waals surface area contributed by atoms with E-state index >= 15 is 0 Å². The molecule has 1 unspecified atom stereocenters. The second-order valence-corrected chi connectivity index (χ2v) is 6.43. The highest BCUT2D eigenvalue weighted by atomic mass is 16.1. The maximum atomic E-state index is 12.6. The average Bonchev–Trinajstić information content (AvgIpc) is 3.06. The van der Waals surface area contributed by atoms with Crippen LogP contribution in [0.1, 0.15) is 40.5 Å². The number of imidazole rings is 1. The summed E-state index contributed by atoms with van der Waals surface area (Å²) < 4.78 is 0. The number of nitrogens with zero attached hydrogens (tertiary/aromatic N) is 3. The lowest BCUT2D eigenvalue weighted by Gasteiger charge is -2.12. The van der Waals surface area contributed by atoms with Gasteiger partial charge in [-0.1, -0.05) is 12.1 Å². The predicted molar refractivity (Wildman–Crippen MR) is 101 cm³/mol. The largest absolute Gasteiger partial charge is 0.342 e. The Morgan fingerprint density at radius 2 is 1.69 bits per heavy atom. The zero-order chi connectivity index (χ0) is 18.3. The monoisotopic (exact) mass is 345 g/mol. The van der Waals surface area contributed by atoms with E-state index in [1.54, 1.807) is 12.1 Å². The van der Waals surface area contributed by atoms with Crippen molar-refractivity contribution in [3.8, 4) is 0 Å². The number of carbonyl (C=O) groups is 1. The van der Waals surface area contributed by atoms with E-state index in [1.165, 1.54) is 0 Å². The molecule has 4 rings (SSSR count). The van der Waals surface area contributed by atoms with Crippen molar-refractivity contribution in [2.75, 3.05) is 0 Å². The molecule has 0 saturated heterocycles. The van der Waals surface area contributed by atoms with Gasteiger partial charge in [-0.25, -0.2) is 15.0 Å². The van der Waals surface area contributed by atoms with Crippen LogP contribution >= 0.6 is 0 Å². The van der Waals surface area contributed by atoms with Gasteiger partial charge in [0.1, 0.15) is 5.82 Å². The van der Waals surface area contributed by atoms with Crippen LogP contribution in [0.15, 0.2) is 42.5 Å². The molecule has 2 aromatic heterocycles.